The van der Waals surface area contributed by atoms with E-state index in [4.69, 9.17) is 9.47 Å². The number of benzene rings is 2. The quantitative estimate of drug-likeness (QED) is 0.790. The van der Waals surface area contributed by atoms with Crippen molar-refractivity contribution in [2.24, 2.45) is 0 Å². The molecule has 7 nitrogen and oxygen atoms in total. The minimum absolute atomic E-state index is 0.0454. The zero-order valence-electron chi connectivity index (χ0n) is 15.2. The summed E-state index contributed by atoms with van der Waals surface area (Å²) in [6.07, 6.45) is 1.79. The normalized spacial score (nSPS) is 14.1. The van der Waals surface area contributed by atoms with Crippen molar-refractivity contribution in [3.8, 4) is 11.5 Å². The predicted octanol–water partition coefficient (Wildman–Crippen LogP) is 2.46. The molecule has 0 atom stereocenters. The lowest BCUT2D eigenvalue weighted by Crippen LogP contribution is -2.23. The fourth-order valence-electron chi connectivity index (χ4n) is 2.97. The van der Waals surface area contributed by atoms with Crippen LogP contribution in [0, 0.1) is 0 Å². The summed E-state index contributed by atoms with van der Waals surface area (Å²) in [4.78, 5) is 11.8. The van der Waals surface area contributed by atoms with E-state index in [9.17, 15) is 13.2 Å². The molecule has 0 saturated heterocycles. The Morgan fingerprint density at radius 3 is 2.56 bits per heavy atom. The van der Waals surface area contributed by atoms with Crippen LogP contribution in [0.25, 0.3) is 0 Å². The van der Waals surface area contributed by atoms with Gasteiger partial charge in [0.05, 0.1) is 19.1 Å². The number of fused-ring (bicyclic) bond motifs is 1. The van der Waals surface area contributed by atoms with Crippen LogP contribution in [-0.4, -0.2) is 28.5 Å². The van der Waals surface area contributed by atoms with Crippen molar-refractivity contribution in [1.29, 1.82) is 0 Å². The summed E-state index contributed by atoms with van der Waals surface area (Å²) in [7, 11) is -0.617. The van der Waals surface area contributed by atoms with Gasteiger partial charge in [-0.1, -0.05) is 6.07 Å². The van der Waals surface area contributed by atoms with Gasteiger partial charge in [-0.2, -0.15) is 0 Å². The van der Waals surface area contributed by atoms with Gasteiger partial charge in [0.15, 0.2) is 11.5 Å². The van der Waals surface area contributed by atoms with Gasteiger partial charge >= 0.3 is 0 Å². The number of carbonyl (C=O) groups excluding carboxylic acids is 1. The van der Waals surface area contributed by atoms with Crippen LogP contribution in [0.5, 0.6) is 11.5 Å². The van der Waals surface area contributed by atoms with Crippen LogP contribution in [-0.2, 0) is 27.8 Å². The summed E-state index contributed by atoms with van der Waals surface area (Å²) in [5.74, 6) is 1.07. The van der Waals surface area contributed by atoms with Crippen molar-refractivity contribution in [1.82, 2.24) is 4.72 Å². The van der Waals surface area contributed by atoms with E-state index in [1.807, 2.05) is 0 Å². The molecule has 2 aromatic rings. The molecule has 1 aliphatic heterocycles. The number of nitrogens with one attached hydrogen (secondary N) is 2. The Hall–Kier alpha value is -2.58. The molecule has 1 heterocycles. The number of sulfonamides is 1. The average Bonchev–Trinajstić information content (AvgIpc) is 2.86. The zero-order chi connectivity index (χ0) is 19.4. The minimum atomic E-state index is -3.69. The number of amides is 1. The predicted molar refractivity (Wildman–Crippen MR) is 102 cm³/mol. The third kappa shape index (κ3) is 4.40. The lowest BCUT2D eigenvalue weighted by atomic mass is 10.1. The molecule has 8 heteroatoms. The van der Waals surface area contributed by atoms with E-state index in [1.165, 1.54) is 13.2 Å². The van der Waals surface area contributed by atoms with Crippen LogP contribution in [0.4, 0.5) is 5.69 Å². The Morgan fingerprint density at radius 2 is 1.81 bits per heavy atom. The molecule has 0 aromatic heterocycles. The Bertz CT molecular complexity index is 957. The maximum absolute atomic E-state index is 12.7. The molecule has 0 fully saturated rings. The summed E-state index contributed by atoms with van der Waals surface area (Å²) in [5.41, 5.74) is 2.25. The van der Waals surface area contributed by atoms with Gasteiger partial charge in [-0.15, -0.1) is 0 Å². The Morgan fingerprint density at radius 1 is 1.04 bits per heavy atom. The first-order chi connectivity index (χ1) is 12.9. The fourth-order valence-corrected chi connectivity index (χ4v) is 4.04. The summed E-state index contributed by atoms with van der Waals surface area (Å²) < 4.78 is 38.4. The number of hydrogen-bond donors (Lipinski definition) is 2. The third-order valence-electron chi connectivity index (χ3n) is 4.43. The van der Waals surface area contributed by atoms with Crippen LogP contribution in [0.15, 0.2) is 41.3 Å². The molecule has 0 aliphatic carbocycles. The first-order valence-electron chi connectivity index (χ1n) is 8.56. The second-order valence-corrected chi connectivity index (χ2v) is 8.00. The van der Waals surface area contributed by atoms with E-state index in [2.05, 4.69) is 10.0 Å². The molecule has 0 spiro atoms. The van der Waals surface area contributed by atoms with Gasteiger partial charge in [0.2, 0.25) is 15.9 Å². The molecule has 27 heavy (non-hydrogen) atoms. The molecule has 144 valence electrons. The lowest BCUT2D eigenvalue weighted by Gasteiger charge is -2.12. The van der Waals surface area contributed by atoms with E-state index in [0.717, 1.165) is 11.1 Å². The van der Waals surface area contributed by atoms with E-state index >= 15 is 0 Å². The van der Waals surface area contributed by atoms with Crippen molar-refractivity contribution in [3.05, 3.63) is 47.5 Å². The van der Waals surface area contributed by atoms with Crippen LogP contribution in [0.2, 0.25) is 0 Å². The number of hydrogen-bond acceptors (Lipinski definition) is 5. The van der Waals surface area contributed by atoms with Gasteiger partial charge in [-0.25, -0.2) is 13.1 Å². The van der Waals surface area contributed by atoms with Gasteiger partial charge in [0, 0.05) is 18.7 Å². The molecule has 2 N–H and O–H groups in total. The largest absolute Gasteiger partial charge is 0.493 e. The van der Waals surface area contributed by atoms with Crippen molar-refractivity contribution < 1.29 is 22.7 Å². The SMILES string of the molecule is COc1ccc(CNS(=O)(=O)c2ccc3c(c2)CCCC(=O)N3)cc1OC. The monoisotopic (exact) mass is 390 g/mol. The second kappa shape index (κ2) is 7.98. The molecule has 3 rings (SSSR count). The van der Waals surface area contributed by atoms with Gasteiger partial charge in [-0.3, -0.25) is 4.79 Å². The highest BCUT2D eigenvalue weighted by molar-refractivity contribution is 7.89. The maximum atomic E-state index is 12.7. The molecule has 0 radical (unpaired) electrons. The van der Waals surface area contributed by atoms with Gasteiger partial charge < -0.3 is 14.8 Å². The molecule has 1 aliphatic rings. The van der Waals surface area contributed by atoms with E-state index in [1.54, 1.807) is 37.4 Å². The van der Waals surface area contributed by atoms with Crippen LogP contribution in [0.3, 0.4) is 0 Å². The number of rotatable bonds is 6. The van der Waals surface area contributed by atoms with Gasteiger partial charge in [-0.05, 0) is 54.3 Å². The molecule has 0 bridgehead atoms. The maximum Gasteiger partial charge on any atom is 0.240 e. The molecule has 2 aromatic carbocycles. The Kier molecular flexibility index (Phi) is 5.67. The van der Waals surface area contributed by atoms with Gasteiger partial charge in [0.1, 0.15) is 0 Å². The standard InChI is InChI=1S/C19H22N2O5S/c1-25-17-9-6-13(10-18(17)26-2)12-20-27(23,24)15-7-8-16-14(11-15)4-3-5-19(22)21-16/h6-11,20H,3-5,12H2,1-2H3,(H,21,22). The minimum Gasteiger partial charge on any atom is -0.493 e. The van der Waals surface area contributed by atoms with E-state index < -0.39 is 10.0 Å². The molecular weight excluding hydrogens is 368 g/mol. The highest BCUT2D eigenvalue weighted by Crippen LogP contribution is 2.28. The number of anilines is 1. The van der Waals surface area contributed by atoms with Crippen LogP contribution < -0.4 is 19.5 Å². The molecule has 0 saturated carbocycles. The Balaban J connectivity index is 1.77. The summed E-state index contributed by atoms with van der Waals surface area (Å²) >= 11 is 0. The van der Waals surface area contributed by atoms with E-state index in [-0.39, 0.29) is 17.3 Å². The van der Waals surface area contributed by atoms with E-state index in [0.29, 0.717) is 36.4 Å². The van der Waals surface area contributed by atoms with Crippen molar-refractivity contribution in [3.63, 3.8) is 0 Å². The molecule has 0 unspecified atom stereocenters. The number of methoxy groups -OCH3 is 2. The topological polar surface area (TPSA) is 93.7 Å². The third-order valence-corrected chi connectivity index (χ3v) is 5.82. The Labute approximate surface area is 158 Å². The van der Waals surface area contributed by atoms with Crippen molar-refractivity contribution >= 4 is 21.6 Å². The summed E-state index contributed by atoms with van der Waals surface area (Å²) in [5, 5.41) is 2.80. The summed E-state index contributed by atoms with van der Waals surface area (Å²) in [6.45, 7) is 0.122. The molecular formula is C19H22N2O5S. The smallest absolute Gasteiger partial charge is 0.240 e. The second-order valence-electron chi connectivity index (χ2n) is 6.23. The first-order valence-corrected chi connectivity index (χ1v) is 10.0. The fraction of sp³-hybridized carbons (Fsp3) is 0.316. The molecule has 1 amide bonds. The lowest BCUT2D eigenvalue weighted by molar-refractivity contribution is -0.116. The number of ether oxygens (including phenoxy) is 2. The first kappa shape index (κ1) is 19.2. The van der Waals surface area contributed by atoms with Gasteiger partial charge in [0.25, 0.3) is 0 Å². The van der Waals surface area contributed by atoms with Crippen LogP contribution in [0.1, 0.15) is 24.0 Å². The highest BCUT2D eigenvalue weighted by Gasteiger charge is 2.19. The number of carbonyl (C=O) groups is 1. The van der Waals surface area contributed by atoms with Crippen molar-refractivity contribution in [2.45, 2.75) is 30.7 Å². The van der Waals surface area contributed by atoms with Crippen molar-refractivity contribution in [2.75, 3.05) is 19.5 Å². The summed E-state index contributed by atoms with van der Waals surface area (Å²) in [6, 6.07) is 10.0. The number of aryl methyl sites for hydroxylation is 1. The van der Waals surface area contributed by atoms with Crippen LogP contribution >= 0.6 is 0 Å². The highest BCUT2D eigenvalue weighted by atomic mass is 32.2. The average molecular weight is 390 g/mol. The zero-order valence-corrected chi connectivity index (χ0v) is 16.1.